The molecule has 1 aliphatic rings. The number of carbonyl (C=O) groups excluding carboxylic acids is 2. The summed E-state index contributed by atoms with van der Waals surface area (Å²) in [6.07, 6.45) is 84.3. The zero-order valence-corrected chi connectivity index (χ0v) is 61.0. The fraction of sp³-hybridized carbons (Fsp3) is 0.878. The average molecular weight is 1310 g/mol. The van der Waals surface area contributed by atoms with Crippen LogP contribution in [0.4, 0.5) is 0 Å². The van der Waals surface area contributed by atoms with Crippen molar-refractivity contribution in [1.82, 2.24) is 5.32 Å². The van der Waals surface area contributed by atoms with Crippen LogP contribution in [0.2, 0.25) is 0 Å². The van der Waals surface area contributed by atoms with Crippen molar-refractivity contribution in [2.24, 2.45) is 0 Å². The van der Waals surface area contributed by atoms with Gasteiger partial charge in [0, 0.05) is 12.8 Å². The minimum Gasteiger partial charge on any atom is -0.466 e. The fourth-order valence-electron chi connectivity index (χ4n) is 12.8. The number of nitrogens with one attached hydrogen (secondary N) is 1. The van der Waals surface area contributed by atoms with Crippen molar-refractivity contribution in [1.29, 1.82) is 0 Å². The highest BCUT2D eigenvalue weighted by Gasteiger charge is 2.44. The van der Waals surface area contributed by atoms with E-state index in [9.17, 15) is 35.1 Å². The zero-order valence-electron chi connectivity index (χ0n) is 61.0. The molecule has 0 aliphatic carbocycles. The molecule has 7 unspecified atom stereocenters. The number of hydrogen-bond acceptors (Lipinski definition) is 10. The predicted molar refractivity (Wildman–Crippen MR) is 394 cm³/mol. The summed E-state index contributed by atoms with van der Waals surface area (Å²) in [5.74, 6) is -0.171. The summed E-state index contributed by atoms with van der Waals surface area (Å²) in [5.41, 5.74) is 0. The third-order valence-corrected chi connectivity index (χ3v) is 19.2. The smallest absolute Gasteiger partial charge is 0.305 e. The molecule has 6 N–H and O–H groups in total. The summed E-state index contributed by atoms with van der Waals surface area (Å²) >= 11 is 0. The second-order valence-electron chi connectivity index (χ2n) is 28.1. The lowest BCUT2D eigenvalue weighted by molar-refractivity contribution is -0.302. The van der Waals surface area contributed by atoms with Gasteiger partial charge in [-0.3, -0.25) is 9.59 Å². The molecule has 93 heavy (non-hydrogen) atoms. The number of allylic oxidation sites excluding steroid dienone is 7. The SMILES string of the molecule is CCCCCC/C=C\CCCCCCCC(=O)OCCCCCCCCCCCCCCCCC/C=C\C/C=C\CCCCCCCCCCCCCCCCCCCC(=O)NC(COC1OC(CO)C(O)C(O)C1O)C(O)/C=C/CCCCCCCCCCCCC. The van der Waals surface area contributed by atoms with E-state index in [1.165, 1.54) is 308 Å². The van der Waals surface area contributed by atoms with Crippen LogP contribution in [0.3, 0.4) is 0 Å². The third kappa shape index (κ3) is 59.4. The summed E-state index contributed by atoms with van der Waals surface area (Å²) in [6.45, 7) is 4.37. The van der Waals surface area contributed by atoms with E-state index < -0.39 is 49.5 Å². The number of aliphatic hydroxyl groups excluding tert-OH is 5. The van der Waals surface area contributed by atoms with E-state index in [4.69, 9.17) is 14.2 Å². The summed E-state index contributed by atoms with van der Waals surface area (Å²) in [6, 6.07) is -0.808. The molecule has 1 rings (SSSR count). The van der Waals surface area contributed by atoms with Crippen LogP contribution < -0.4 is 5.32 Å². The molecule has 1 heterocycles. The average Bonchev–Trinajstić information content (AvgIpc) is 0.985. The first kappa shape index (κ1) is 88.6. The molecular formula is C82H153NO10. The first-order valence-electron chi connectivity index (χ1n) is 40.4. The van der Waals surface area contributed by atoms with Crippen LogP contribution >= 0.6 is 0 Å². The summed E-state index contributed by atoms with van der Waals surface area (Å²) in [7, 11) is 0. The number of hydrogen-bond donors (Lipinski definition) is 6. The maximum Gasteiger partial charge on any atom is 0.305 e. The third-order valence-electron chi connectivity index (χ3n) is 19.2. The molecular weight excluding hydrogens is 1160 g/mol. The van der Waals surface area contributed by atoms with Gasteiger partial charge in [-0.25, -0.2) is 0 Å². The Hall–Kier alpha value is -2.38. The van der Waals surface area contributed by atoms with Gasteiger partial charge in [-0.1, -0.05) is 345 Å². The van der Waals surface area contributed by atoms with Crippen LogP contribution in [0, 0.1) is 0 Å². The van der Waals surface area contributed by atoms with Crippen molar-refractivity contribution in [3.8, 4) is 0 Å². The molecule has 0 aromatic rings. The first-order chi connectivity index (χ1) is 45.7. The van der Waals surface area contributed by atoms with Crippen LogP contribution in [0.1, 0.15) is 399 Å². The van der Waals surface area contributed by atoms with Crippen LogP contribution in [-0.2, 0) is 23.8 Å². The van der Waals surface area contributed by atoms with E-state index in [0.717, 1.165) is 64.2 Å². The topological polar surface area (TPSA) is 175 Å². The Bertz CT molecular complexity index is 1690. The summed E-state index contributed by atoms with van der Waals surface area (Å²) < 4.78 is 16.8. The van der Waals surface area contributed by atoms with E-state index in [1.54, 1.807) is 6.08 Å². The standard InChI is InChI=1S/C82H153NO10/c1-3-5-7-9-11-13-15-44-48-52-56-60-64-68-75(85)74(73-92-82-81(90)80(89)79(88)76(72-84)93-82)83-77(86)69-65-61-57-53-49-46-42-40-38-36-34-32-30-28-26-24-22-20-18-17-19-21-23-25-27-29-31-33-35-37-39-41-43-47-51-55-59-63-67-71-91-78(87)70-66-62-58-54-50-45-16-14-12-10-8-6-4-2/h14,16-18,21,23,64,68,74-76,79-82,84-85,88-90H,3-13,15,19-20,22,24-63,65-67,69-73H2,1-2H3,(H,83,86)/b16-14-,18-17-,23-21-,68-64+. The van der Waals surface area contributed by atoms with Crippen molar-refractivity contribution in [3.63, 3.8) is 0 Å². The molecule has 546 valence electrons. The van der Waals surface area contributed by atoms with E-state index in [-0.39, 0.29) is 18.5 Å². The number of amides is 1. The maximum absolute atomic E-state index is 13.1. The maximum atomic E-state index is 13.1. The Morgan fingerprint density at radius 3 is 1.11 bits per heavy atom. The number of carbonyl (C=O) groups is 2. The zero-order chi connectivity index (χ0) is 67.2. The lowest BCUT2D eigenvalue weighted by Crippen LogP contribution is -2.60. The van der Waals surface area contributed by atoms with Crippen molar-refractivity contribution >= 4 is 11.9 Å². The van der Waals surface area contributed by atoms with Crippen LogP contribution in [0.25, 0.3) is 0 Å². The molecule has 0 radical (unpaired) electrons. The van der Waals surface area contributed by atoms with Crippen molar-refractivity contribution in [2.45, 2.75) is 442 Å². The molecule has 0 aromatic heterocycles. The molecule has 1 aliphatic heterocycles. The van der Waals surface area contributed by atoms with Gasteiger partial charge in [0.25, 0.3) is 0 Å². The lowest BCUT2D eigenvalue weighted by Gasteiger charge is -2.40. The Labute approximate surface area is 574 Å². The number of aliphatic hydroxyl groups is 5. The second kappa shape index (κ2) is 70.9. The van der Waals surface area contributed by atoms with E-state index in [0.29, 0.717) is 19.4 Å². The number of esters is 1. The van der Waals surface area contributed by atoms with Gasteiger partial charge < -0.3 is 45.1 Å². The Kier molecular flexibility index (Phi) is 67.6. The van der Waals surface area contributed by atoms with Gasteiger partial charge in [-0.15, -0.1) is 0 Å². The first-order valence-corrected chi connectivity index (χ1v) is 40.4. The highest BCUT2D eigenvalue weighted by Crippen LogP contribution is 2.24. The van der Waals surface area contributed by atoms with Gasteiger partial charge in [0.1, 0.15) is 24.4 Å². The van der Waals surface area contributed by atoms with E-state index in [2.05, 4.69) is 55.6 Å². The largest absolute Gasteiger partial charge is 0.466 e. The van der Waals surface area contributed by atoms with Crippen molar-refractivity contribution < 1.29 is 49.3 Å². The molecule has 1 amide bonds. The predicted octanol–water partition coefficient (Wildman–Crippen LogP) is 21.9. The molecule has 0 aromatic carbocycles. The molecule has 1 fully saturated rings. The number of unbranched alkanes of at least 4 members (excludes halogenated alkanes) is 52. The van der Waals surface area contributed by atoms with E-state index >= 15 is 0 Å². The highest BCUT2D eigenvalue weighted by atomic mass is 16.7. The van der Waals surface area contributed by atoms with E-state index in [1.807, 2.05) is 6.08 Å². The van der Waals surface area contributed by atoms with Gasteiger partial charge in [-0.2, -0.15) is 0 Å². The number of ether oxygens (including phenoxy) is 3. The Morgan fingerprint density at radius 1 is 0.398 bits per heavy atom. The lowest BCUT2D eigenvalue weighted by atomic mass is 9.99. The molecule has 1 saturated heterocycles. The summed E-state index contributed by atoms with van der Waals surface area (Å²) in [4.78, 5) is 25.1. The van der Waals surface area contributed by atoms with Crippen LogP contribution in [0.5, 0.6) is 0 Å². The normalized spacial score (nSPS) is 17.7. The van der Waals surface area contributed by atoms with Crippen LogP contribution in [-0.4, -0.2) is 100 Å². The quantitative estimate of drug-likeness (QED) is 0.0195. The van der Waals surface area contributed by atoms with Gasteiger partial charge in [0.2, 0.25) is 5.91 Å². The van der Waals surface area contributed by atoms with Crippen molar-refractivity contribution in [2.75, 3.05) is 19.8 Å². The highest BCUT2D eigenvalue weighted by molar-refractivity contribution is 5.76. The Balaban J connectivity index is 1.91. The molecule has 11 heteroatoms. The minimum atomic E-state index is -1.57. The van der Waals surface area contributed by atoms with Crippen LogP contribution in [0.15, 0.2) is 48.6 Å². The van der Waals surface area contributed by atoms with Gasteiger partial charge >= 0.3 is 5.97 Å². The van der Waals surface area contributed by atoms with Gasteiger partial charge in [0.15, 0.2) is 6.29 Å². The molecule has 0 bridgehead atoms. The molecule has 11 nitrogen and oxygen atoms in total. The number of rotatable bonds is 72. The minimum absolute atomic E-state index is 0.00563. The second-order valence-corrected chi connectivity index (χ2v) is 28.1. The Morgan fingerprint density at radius 2 is 0.720 bits per heavy atom. The van der Waals surface area contributed by atoms with Gasteiger partial charge in [0.05, 0.1) is 32.0 Å². The fourth-order valence-corrected chi connectivity index (χ4v) is 12.8. The van der Waals surface area contributed by atoms with Crippen molar-refractivity contribution in [3.05, 3.63) is 48.6 Å². The van der Waals surface area contributed by atoms with Gasteiger partial charge in [-0.05, 0) is 89.9 Å². The monoisotopic (exact) mass is 1310 g/mol. The molecule has 0 spiro atoms. The summed E-state index contributed by atoms with van der Waals surface area (Å²) in [5, 5.41) is 54.6. The molecule has 7 atom stereocenters. The molecule has 0 saturated carbocycles.